The molecule has 49 heavy (non-hydrogen) atoms. The lowest BCUT2D eigenvalue weighted by Crippen LogP contribution is -2.14. The number of nitriles is 1. The normalized spacial score (nSPS) is 13.2. The van der Waals surface area contributed by atoms with E-state index in [0.29, 0.717) is 5.56 Å². The molecule has 0 aliphatic heterocycles. The summed E-state index contributed by atoms with van der Waals surface area (Å²) >= 11 is 0. The van der Waals surface area contributed by atoms with Crippen molar-refractivity contribution < 1.29 is 0 Å². The minimum Gasteiger partial charge on any atom is -0.309 e. The lowest BCUT2D eigenvalue weighted by molar-refractivity contribution is 0.661. The van der Waals surface area contributed by atoms with Gasteiger partial charge in [-0.2, -0.15) is 5.26 Å². The van der Waals surface area contributed by atoms with E-state index in [9.17, 15) is 5.26 Å². The van der Waals surface area contributed by atoms with Crippen molar-refractivity contribution in [1.82, 2.24) is 9.13 Å². The molecule has 2 heterocycles. The quantitative estimate of drug-likeness (QED) is 0.192. The number of fused-ring (bicyclic) bond motifs is 10. The van der Waals surface area contributed by atoms with Gasteiger partial charge in [0.05, 0.1) is 39.4 Å². The first kappa shape index (κ1) is 27.7. The van der Waals surface area contributed by atoms with Crippen molar-refractivity contribution in [3.8, 4) is 39.7 Å². The van der Waals surface area contributed by atoms with Gasteiger partial charge in [-0.1, -0.05) is 111 Å². The molecule has 1 aliphatic carbocycles. The second-order valence-electron chi connectivity index (χ2n) is 13.7. The molecule has 0 fully saturated rings. The molecule has 0 unspecified atom stereocenters. The Labute approximate surface area is 284 Å². The average molecular weight is 626 g/mol. The highest BCUT2D eigenvalue weighted by molar-refractivity contribution is 6.18. The minimum absolute atomic E-state index is 0.0823. The summed E-state index contributed by atoms with van der Waals surface area (Å²) in [7, 11) is 0. The van der Waals surface area contributed by atoms with E-state index in [0.717, 1.165) is 28.0 Å². The minimum atomic E-state index is -0.0823. The van der Waals surface area contributed by atoms with E-state index in [-0.39, 0.29) is 5.41 Å². The SMILES string of the molecule is CC1(C)c2ccccc2-c2c1ccc1c2c2ccccc2n1-c1ccc(C#N)cc1-c1ccc(-n2c3ccccc3c3ccccc32)cc1. The Hall–Kier alpha value is -6.37. The highest BCUT2D eigenvalue weighted by Crippen LogP contribution is 2.53. The van der Waals surface area contributed by atoms with E-state index in [4.69, 9.17) is 0 Å². The summed E-state index contributed by atoms with van der Waals surface area (Å²) in [4.78, 5) is 0. The molecule has 10 rings (SSSR count). The van der Waals surface area contributed by atoms with E-state index < -0.39 is 0 Å². The van der Waals surface area contributed by atoms with Crippen LogP contribution < -0.4 is 0 Å². The lowest BCUT2D eigenvalue weighted by Gasteiger charge is -2.21. The van der Waals surface area contributed by atoms with Gasteiger partial charge in [-0.15, -0.1) is 0 Å². The van der Waals surface area contributed by atoms with Gasteiger partial charge < -0.3 is 9.13 Å². The maximum absolute atomic E-state index is 10.0. The Balaban J connectivity index is 1.21. The summed E-state index contributed by atoms with van der Waals surface area (Å²) < 4.78 is 4.74. The number of hydrogen-bond donors (Lipinski definition) is 0. The van der Waals surface area contributed by atoms with E-state index in [1.54, 1.807) is 0 Å². The summed E-state index contributed by atoms with van der Waals surface area (Å²) in [5.41, 5.74) is 14.9. The summed E-state index contributed by atoms with van der Waals surface area (Å²) in [5, 5.41) is 15.0. The molecule has 0 amide bonds. The zero-order chi connectivity index (χ0) is 32.9. The molecule has 3 heteroatoms. The highest BCUT2D eigenvalue weighted by Gasteiger charge is 2.37. The fraction of sp³-hybridized carbons (Fsp3) is 0.0652. The van der Waals surface area contributed by atoms with Gasteiger partial charge in [0, 0.05) is 38.2 Å². The van der Waals surface area contributed by atoms with Crippen LogP contribution in [0.2, 0.25) is 0 Å². The van der Waals surface area contributed by atoms with Crippen LogP contribution in [0, 0.1) is 11.3 Å². The lowest BCUT2D eigenvalue weighted by atomic mass is 9.82. The molecule has 0 saturated carbocycles. The molecular formula is C46H31N3. The predicted octanol–water partition coefficient (Wildman–Crippen LogP) is 11.7. The molecular weight excluding hydrogens is 595 g/mol. The Kier molecular flexibility index (Phi) is 5.69. The van der Waals surface area contributed by atoms with Crippen LogP contribution in [-0.2, 0) is 5.41 Å². The predicted molar refractivity (Wildman–Crippen MR) is 203 cm³/mol. The van der Waals surface area contributed by atoms with Crippen LogP contribution in [0.25, 0.3) is 77.2 Å². The third kappa shape index (κ3) is 3.77. The van der Waals surface area contributed by atoms with Crippen molar-refractivity contribution in [2.75, 3.05) is 0 Å². The molecule has 3 nitrogen and oxygen atoms in total. The van der Waals surface area contributed by atoms with Crippen LogP contribution in [0.5, 0.6) is 0 Å². The topological polar surface area (TPSA) is 33.6 Å². The van der Waals surface area contributed by atoms with Crippen LogP contribution in [0.4, 0.5) is 0 Å². The number of para-hydroxylation sites is 3. The van der Waals surface area contributed by atoms with Crippen molar-refractivity contribution in [3.05, 3.63) is 168 Å². The summed E-state index contributed by atoms with van der Waals surface area (Å²) in [5.74, 6) is 0. The third-order valence-corrected chi connectivity index (χ3v) is 10.8. The second kappa shape index (κ2) is 10.1. The first-order valence-electron chi connectivity index (χ1n) is 16.8. The number of nitrogens with zero attached hydrogens (tertiary/aromatic N) is 3. The molecule has 2 aromatic heterocycles. The Bertz CT molecular complexity index is 2800. The van der Waals surface area contributed by atoms with Gasteiger partial charge in [0.25, 0.3) is 0 Å². The zero-order valence-corrected chi connectivity index (χ0v) is 27.3. The van der Waals surface area contributed by atoms with Gasteiger partial charge in [0.1, 0.15) is 0 Å². The van der Waals surface area contributed by atoms with Gasteiger partial charge >= 0.3 is 0 Å². The smallest absolute Gasteiger partial charge is 0.0991 e. The molecule has 0 spiro atoms. The molecule has 0 bridgehead atoms. The molecule has 9 aromatic rings. The fourth-order valence-corrected chi connectivity index (χ4v) is 8.53. The van der Waals surface area contributed by atoms with Crippen molar-refractivity contribution in [2.45, 2.75) is 19.3 Å². The zero-order valence-electron chi connectivity index (χ0n) is 27.3. The van der Waals surface area contributed by atoms with E-state index in [1.807, 2.05) is 12.1 Å². The highest BCUT2D eigenvalue weighted by atomic mass is 15.0. The monoisotopic (exact) mass is 625 g/mol. The summed E-state index contributed by atoms with van der Waals surface area (Å²) in [6, 6.07) is 56.7. The summed E-state index contributed by atoms with van der Waals surface area (Å²) in [6.07, 6.45) is 0. The van der Waals surface area contributed by atoms with Crippen LogP contribution in [-0.4, -0.2) is 9.13 Å². The molecule has 0 atom stereocenters. The Morgan fingerprint density at radius 3 is 1.82 bits per heavy atom. The van der Waals surface area contributed by atoms with Crippen LogP contribution >= 0.6 is 0 Å². The Morgan fingerprint density at radius 2 is 1.12 bits per heavy atom. The maximum atomic E-state index is 10.0. The summed E-state index contributed by atoms with van der Waals surface area (Å²) in [6.45, 7) is 4.68. The first-order valence-corrected chi connectivity index (χ1v) is 16.8. The number of hydrogen-bond acceptors (Lipinski definition) is 1. The molecule has 230 valence electrons. The Morgan fingerprint density at radius 1 is 0.510 bits per heavy atom. The third-order valence-electron chi connectivity index (χ3n) is 10.8. The molecule has 1 aliphatic rings. The van der Waals surface area contributed by atoms with Gasteiger partial charge in [-0.3, -0.25) is 0 Å². The van der Waals surface area contributed by atoms with Crippen molar-refractivity contribution in [3.63, 3.8) is 0 Å². The fourth-order valence-electron chi connectivity index (χ4n) is 8.53. The first-order chi connectivity index (χ1) is 24.0. The van der Waals surface area contributed by atoms with Crippen molar-refractivity contribution in [1.29, 1.82) is 5.26 Å². The average Bonchev–Trinajstić information content (AvgIpc) is 3.75. The number of rotatable bonds is 3. The molecule has 0 saturated heterocycles. The van der Waals surface area contributed by atoms with Gasteiger partial charge in [-0.25, -0.2) is 0 Å². The molecule has 7 aromatic carbocycles. The van der Waals surface area contributed by atoms with Gasteiger partial charge in [0.2, 0.25) is 0 Å². The number of aromatic nitrogens is 2. The largest absolute Gasteiger partial charge is 0.309 e. The van der Waals surface area contributed by atoms with E-state index in [2.05, 4.69) is 169 Å². The second-order valence-corrected chi connectivity index (χ2v) is 13.7. The van der Waals surface area contributed by atoms with Crippen molar-refractivity contribution >= 4 is 43.6 Å². The molecule has 0 radical (unpaired) electrons. The van der Waals surface area contributed by atoms with Crippen LogP contribution in [0.3, 0.4) is 0 Å². The van der Waals surface area contributed by atoms with E-state index >= 15 is 0 Å². The molecule has 0 N–H and O–H groups in total. The van der Waals surface area contributed by atoms with Gasteiger partial charge in [-0.05, 0) is 82.4 Å². The number of benzene rings is 7. The van der Waals surface area contributed by atoms with Gasteiger partial charge in [0.15, 0.2) is 0 Å². The van der Waals surface area contributed by atoms with Crippen LogP contribution in [0.1, 0.15) is 30.5 Å². The maximum Gasteiger partial charge on any atom is 0.0991 e. The standard InChI is InChI=1S/C46H31N3/c1-46(2)37-15-7-3-13-34(37)44-38(46)24-26-43-45(44)35-14-6-10-18-41(35)49(43)42-25-19-29(28-47)27-36(42)30-20-22-31(23-21-30)48-39-16-8-4-11-32(39)33-12-5-9-17-40(33)48/h3-27H,1-2H3. The van der Waals surface area contributed by atoms with E-state index in [1.165, 1.54) is 60.3 Å². The van der Waals surface area contributed by atoms with Crippen molar-refractivity contribution in [2.24, 2.45) is 0 Å². The van der Waals surface area contributed by atoms with Crippen LogP contribution in [0.15, 0.2) is 152 Å².